The standard InChI is InChI=1S/C18H19ClN2O4/c19-11-1-2-14-13(9-11)16(15(22)10-20-14)17(23)21-12-3-5-18(6-4-12)24-7-8-25-18/h1-2,9-10,12,22H,3-8H2,(H,21,23). The number of hydrogen-bond acceptors (Lipinski definition) is 5. The third kappa shape index (κ3) is 3.17. The van der Waals surface area contributed by atoms with Crippen LogP contribution in [0.4, 0.5) is 0 Å². The molecule has 1 amide bonds. The van der Waals surface area contributed by atoms with Crippen molar-refractivity contribution in [2.45, 2.75) is 37.5 Å². The molecule has 1 spiro atoms. The third-order valence-electron chi connectivity index (χ3n) is 4.93. The van der Waals surface area contributed by atoms with Crippen molar-refractivity contribution in [1.29, 1.82) is 0 Å². The molecular formula is C18H19ClN2O4. The van der Waals surface area contributed by atoms with Gasteiger partial charge in [-0.1, -0.05) is 11.6 Å². The van der Waals surface area contributed by atoms with E-state index >= 15 is 0 Å². The molecular weight excluding hydrogens is 344 g/mol. The van der Waals surface area contributed by atoms with E-state index in [4.69, 9.17) is 21.1 Å². The maximum Gasteiger partial charge on any atom is 0.256 e. The highest BCUT2D eigenvalue weighted by Gasteiger charge is 2.40. The van der Waals surface area contributed by atoms with E-state index < -0.39 is 5.79 Å². The van der Waals surface area contributed by atoms with Crippen molar-refractivity contribution >= 4 is 28.4 Å². The number of carbonyl (C=O) groups is 1. The predicted octanol–water partition coefficient (Wildman–Crippen LogP) is 3.01. The predicted molar refractivity (Wildman–Crippen MR) is 92.8 cm³/mol. The molecule has 2 fully saturated rings. The van der Waals surface area contributed by atoms with Crippen LogP contribution in [0, 0.1) is 0 Å². The molecule has 132 valence electrons. The number of aromatic nitrogens is 1. The van der Waals surface area contributed by atoms with Crippen LogP contribution in [0.25, 0.3) is 10.9 Å². The van der Waals surface area contributed by atoms with Gasteiger partial charge in [0.05, 0.1) is 30.5 Å². The van der Waals surface area contributed by atoms with E-state index in [1.54, 1.807) is 18.2 Å². The van der Waals surface area contributed by atoms with Gasteiger partial charge in [0.15, 0.2) is 5.79 Å². The number of halogens is 1. The molecule has 1 aromatic carbocycles. The van der Waals surface area contributed by atoms with Gasteiger partial charge in [0.2, 0.25) is 0 Å². The number of carbonyl (C=O) groups excluding carboxylic acids is 1. The van der Waals surface area contributed by atoms with E-state index in [1.807, 2.05) is 0 Å². The molecule has 2 N–H and O–H groups in total. The normalized spacial score (nSPS) is 20.2. The Kier molecular flexibility index (Phi) is 4.27. The molecule has 0 atom stereocenters. The van der Waals surface area contributed by atoms with Gasteiger partial charge >= 0.3 is 0 Å². The number of nitrogens with one attached hydrogen (secondary N) is 1. The van der Waals surface area contributed by atoms with E-state index in [-0.39, 0.29) is 23.3 Å². The number of hydrogen-bond donors (Lipinski definition) is 2. The lowest BCUT2D eigenvalue weighted by atomic mass is 9.90. The number of nitrogens with zero attached hydrogens (tertiary/aromatic N) is 1. The van der Waals surface area contributed by atoms with Gasteiger partial charge in [-0.3, -0.25) is 9.78 Å². The maximum absolute atomic E-state index is 12.8. The van der Waals surface area contributed by atoms with Crippen LogP contribution in [0.5, 0.6) is 5.75 Å². The molecule has 6 nitrogen and oxygen atoms in total. The average Bonchev–Trinajstić information content (AvgIpc) is 3.05. The maximum atomic E-state index is 12.8. The van der Waals surface area contributed by atoms with Crippen LogP contribution in [-0.2, 0) is 9.47 Å². The summed E-state index contributed by atoms with van der Waals surface area (Å²) in [5, 5.41) is 14.2. The van der Waals surface area contributed by atoms with Crippen LogP contribution in [0.3, 0.4) is 0 Å². The minimum Gasteiger partial charge on any atom is -0.505 e. The average molecular weight is 363 g/mol. The first-order valence-corrected chi connectivity index (χ1v) is 8.80. The second-order valence-electron chi connectivity index (χ2n) is 6.54. The second-order valence-corrected chi connectivity index (χ2v) is 6.97. The van der Waals surface area contributed by atoms with Crippen molar-refractivity contribution in [3.8, 4) is 5.75 Å². The molecule has 2 heterocycles. The second kappa shape index (κ2) is 6.44. The molecule has 4 rings (SSSR count). The zero-order chi connectivity index (χ0) is 17.4. The van der Waals surface area contributed by atoms with Crippen molar-refractivity contribution in [2.75, 3.05) is 13.2 Å². The third-order valence-corrected chi connectivity index (χ3v) is 5.17. The molecule has 7 heteroatoms. The van der Waals surface area contributed by atoms with Gasteiger partial charge in [0.1, 0.15) is 5.75 Å². The summed E-state index contributed by atoms with van der Waals surface area (Å²) in [4.78, 5) is 16.9. The largest absolute Gasteiger partial charge is 0.505 e. The summed E-state index contributed by atoms with van der Waals surface area (Å²) < 4.78 is 11.4. The van der Waals surface area contributed by atoms with Crippen LogP contribution in [0.2, 0.25) is 5.02 Å². The Hall–Kier alpha value is -1.89. The molecule has 1 aliphatic carbocycles. The first-order valence-electron chi connectivity index (χ1n) is 8.42. The van der Waals surface area contributed by atoms with Crippen molar-refractivity contribution < 1.29 is 19.4 Å². The van der Waals surface area contributed by atoms with Crippen molar-refractivity contribution in [3.05, 3.63) is 35.0 Å². The van der Waals surface area contributed by atoms with E-state index in [1.165, 1.54) is 6.20 Å². The van der Waals surface area contributed by atoms with Gasteiger partial charge in [-0.15, -0.1) is 0 Å². The summed E-state index contributed by atoms with van der Waals surface area (Å²) in [5.74, 6) is -0.927. The highest BCUT2D eigenvalue weighted by atomic mass is 35.5. The number of amides is 1. The Labute approximate surface area is 150 Å². The molecule has 2 aliphatic rings. The smallest absolute Gasteiger partial charge is 0.256 e. The number of rotatable bonds is 2. The van der Waals surface area contributed by atoms with Crippen LogP contribution in [0.15, 0.2) is 24.4 Å². The summed E-state index contributed by atoms with van der Waals surface area (Å²) in [5.41, 5.74) is 0.823. The number of fused-ring (bicyclic) bond motifs is 1. The van der Waals surface area contributed by atoms with Crippen molar-refractivity contribution in [1.82, 2.24) is 10.3 Å². The fourth-order valence-electron chi connectivity index (χ4n) is 3.64. The molecule has 1 saturated carbocycles. The lowest BCUT2D eigenvalue weighted by Gasteiger charge is -2.35. The fraction of sp³-hybridized carbons (Fsp3) is 0.444. The van der Waals surface area contributed by atoms with Gasteiger partial charge in [-0.25, -0.2) is 0 Å². The molecule has 0 unspecified atom stereocenters. The molecule has 25 heavy (non-hydrogen) atoms. The number of aromatic hydroxyl groups is 1. The fourth-order valence-corrected chi connectivity index (χ4v) is 3.81. The van der Waals surface area contributed by atoms with E-state index in [0.29, 0.717) is 29.1 Å². The molecule has 2 aromatic rings. The minimum atomic E-state index is -0.458. The van der Waals surface area contributed by atoms with E-state index in [9.17, 15) is 9.90 Å². The first kappa shape index (κ1) is 16.6. The van der Waals surface area contributed by atoms with Crippen LogP contribution in [0.1, 0.15) is 36.0 Å². The highest BCUT2D eigenvalue weighted by molar-refractivity contribution is 6.31. The minimum absolute atomic E-state index is 0.0210. The topological polar surface area (TPSA) is 80.7 Å². The van der Waals surface area contributed by atoms with Crippen LogP contribution < -0.4 is 5.32 Å². The molecule has 1 aliphatic heterocycles. The zero-order valence-electron chi connectivity index (χ0n) is 13.6. The van der Waals surface area contributed by atoms with Crippen LogP contribution >= 0.6 is 11.6 Å². The lowest BCUT2D eigenvalue weighted by Crippen LogP contribution is -2.44. The Bertz CT molecular complexity index is 805. The van der Waals surface area contributed by atoms with Crippen LogP contribution in [-0.4, -0.2) is 41.0 Å². The number of pyridine rings is 1. The Balaban J connectivity index is 1.53. The first-order chi connectivity index (χ1) is 12.1. The molecule has 0 radical (unpaired) electrons. The monoisotopic (exact) mass is 362 g/mol. The highest BCUT2D eigenvalue weighted by Crippen LogP contribution is 2.36. The SMILES string of the molecule is O=C(NC1CCC2(CC1)OCCO2)c1c(O)cnc2ccc(Cl)cc12. The summed E-state index contributed by atoms with van der Waals surface area (Å²) in [6.45, 7) is 1.27. The summed E-state index contributed by atoms with van der Waals surface area (Å²) in [6.07, 6.45) is 4.35. The number of benzene rings is 1. The van der Waals surface area contributed by atoms with Crippen molar-refractivity contribution in [2.24, 2.45) is 0 Å². The molecule has 1 saturated heterocycles. The van der Waals surface area contributed by atoms with Gasteiger partial charge in [-0.2, -0.15) is 0 Å². The Morgan fingerprint density at radius 2 is 2.00 bits per heavy atom. The van der Waals surface area contributed by atoms with Gasteiger partial charge in [-0.05, 0) is 31.0 Å². The van der Waals surface area contributed by atoms with E-state index in [0.717, 1.165) is 25.7 Å². The Morgan fingerprint density at radius 1 is 1.28 bits per heavy atom. The summed E-state index contributed by atoms with van der Waals surface area (Å²) >= 11 is 6.04. The van der Waals surface area contributed by atoms with Gasteiger partial charge in [0, 0.05) is 29.3 Å². The van der Waals surface area contributed by atoms with Gasteiger partial charge < -0.3 is 19.9 Å². The molecule has 1 aromatic heterocycles. The summed E-state index contributed by atoms with van der Waals surface area (Å²) in [6, 6.07) is 5.10. The molecule has 0 bridgehead atoms. The van der Waals surface area contributed by atoms with Crippen molar-refractivity contribution in [3.63, 3.8) is 0 Å². The Morgan fingerprint density at radius 3 is 2.72 bits per heavy atom. The lowest BCUT2D eigenvalue weighted by molar-refractivity contribution is -0.179. The quantitative estimate of drug-likeness (QED) is 0.858. The van der Waals surface area contributed by atoms with Gasteiger partial charge in [0.25, 0.3) is 5.91 Å². The van der Waals surface area contributed by atoms with E-state index in [2.05, 4.69) is 10.3 Å². The zero-order valence-corrected chi connectivity index (χ0v) is 14.4. The summed E-state index contributed by atoms with van der Waals surface area (Å²) in [7, 11) is 0. The number of ether oxygens (including phenoxy) is 2.